The number of sulfonamides is 1. The third kappa shape index (κ3) is 5.15. The van der Waals surface area contributed by atoms with E-state index in [1.807, 2.05) is 4.90 Å². The average molecular weight is 470 g/mol. The van der Waals surface area contributed by atoms with Gasteiger partial charge in [0.05, 0.1) is 12.0 Å². The maximum absolute atomic E-state index is 13.2. The molecule has 1 aliphatic heterocycles. The number of piperazine rings is 1. The van der Waals surface area contributed by atoms with Gasteiger partial charge in [0.1, 0.15) is 11.6 Å². The summed E-state index contributed by atoms with van der Waals surface area (Å²) in [6.07, 6.45) is 0. The fourth-order valence-corrected chi connectivity index (χ4v) is 5.13. The van der Waals surface area contributed by atoms with Crippen molar-refractivity contribution in [2.24, 2.45) is 0 Å². The van der Waals surface area contributed by atoms with E-state index in [1.54, 1.807) is 55.6 Å². The Morgan fingerprint density at radius 2 is 1.61 bits per heavy atom. The fourth-order valence-electron chi connectivity index (χ4n) is 3.66. The number of nitrogens with zero attached hydrogens (tertiary/aromatic N) is 2. The second-order valence-corrected chi connectivity index (χ2v) is 9.52. The number of ether oxygens (including phenoxy) is 1. The van der Waals surface area contributed by atoms with Gasteiger partial charge < -0.3 is 15.0 Å². The second-order valence-electron chi connectivity index (χ2n) is 7.58. The first-order valence-corrected chi connectivity index (χ1v) is 11.9. The second kappa shape index (κ2) is 9.60. The van der Waals surface area contributed by atoms with Crippen LogP contribution in [0.5, 0.6) is 5.75 Å². The summed E-state index contributed by atoms with van der Waals surface area (Å²) in [5.74, 6) is -0.0464. The van der Waals surface area contributed by atoms with Gasteiger partial charge in [0.15, 0.2) is 0 Å². The lowest BCUT2D eigenvalue weighted by atomic mass is 10.2. The van der Waals surface area contributed by atoms with Gasteiger partial charge in [-0.25, -0.2) is 12.8 Å². The van der Waals surface area contributed by atoms with Crippen LogP contribution in [0.4, 0.5) is 15.8 Å². The van der Waals surface area contributed by atoms with E-state index in [9.17, 15) is 17.6 Å². The lowest BCUT2D eigenvalue weighted by Gasteiger charge is -2.35. The van der Waals surface area contributed by atoms with Crippen molar-refractivity contribution in [1.29, 1.82) is 0 Å². The summed E-state index contributed by atoms with van der Waals surface area (Å²) in [4.78, 5) is 14.8. The van der Waals surface area contributed by atoms with Crippen LogP contribution in [0.25, 0.3) is 0 Å². The first kappa shape index (κ1) is 22.8. The maximum atomic E-state index is 13.2. The van der Waals surface area contributed by atoms with Gasteiger partial charge in [-0.05, 0) is 66.7 Å². The lowest BCUT2D eigenvalue weighted by molar-refractivity contribution is 0.102. The molecular formula is C24H24FN3O4S. The third-order valence-electron chi connectivity index (χ3n) is 5.51. The van der Waals surface area contributed by atoms with Gasteiger partial charge in [0.25, 0.3) is 5.91 Å². The minimum atomic E-state index is -3.76. The Bertz CT molecular complexity index is 1220. The highest BCUT2D eigenvalue weighted by Gasteiger charge is 2.29. The molecule has 172 valence electrons. The van der Waals surface area contributed by atoms with Crippen molar-refractivity contribution < 1.29 is 22.3 Å². The first-order valence-electron chi connectivity index (χ1n) is 10.4. The molecule has 0 unspecified atom stereocenters. The summed E-state index contributed by atoms with van der Waals surface area (Å²) in [7, 11) is -2.20. The molecule has 4 rings (SSSR count). The molecule has 0 bridgehead atoms. The molecule has 3 aromatic rings. The Morgan fingerprint density at radius 1 is 0.939 bits per heavy atom. The highest BCUT2D eigenvalue weighted by atomic mass is 32.2. The number of methoxy groups -OCH3 is 1. The molecule has 1 N–H and O–H groups in total. The van der Waals surface area contributed by atoms with Crippen molar-refractivity contribution in [3.8, 4) is 5.75 Å². The van der Waals surface area contributed by atoms with Crippen molar-refractivity contribution in [2.45, 2.75) is 4.90 Å². The van der Waals surface area contributed by atoms with Crippen molar-refractivity contribution in [2.75, 3.05) is 43.5 Å². The van der Waals surface area contributed by atoms with Crippen LogP contribution in [-0.2, 0) is 10.0 Å². The molecule has 0 spiro atoms. The van der Waals surface area contributed by atoms with E-state index in [1.165, 1.54) is 28.6 Å². The van der Waals surface area contributed by atoms with Gasteiger partial charge in [-0.2, -0.15) is 4.31 Å². The number of anilines is 2. The summed E-state index contributed by atoms with van der Waals surface area (Å²) in [5.41, 5.74) is 1.67. The zero-order valence-corrected chi connectivity index (χ0v) is 18.9. The largest absolute Gasteiger partial charge is 0.497 e. The number of rotatable bonds is 6. The lowest BCUT2D eigenvalue weighted by Crippen LogP contribution is -2.48. The average Bonchev–Trinajstić information content (AvgIpc) is 2.85. The summed E-state index contributed by atoms with van der Waals surface area (Å²) >= 11 is 0. The number of carbonyl (C=O) groups excluding carboxylic acids is 1. The van der Waals surface area contributed by atoms with E-state index in [0.717, 1.165) is 5.69 Å². The Labute approximate surface area is 192 Å². The number of hydrogen-bond acceptors (Lipinski definition) is 5. The van der Waals surface area contributed by atoms with E-state index >= 15 is 0 Å². The molecule has 1 heterocycles. The van der Waals surface area contributed by atoms with Gasteiger partial charge >= 0.3 is 0 Å². The van der Waals surface area contributed by atoms with Crippen LogP contribution in [0.15, 0.2) is 77.7 Å². The Hall–Kier alpha value is -3.43. The van der Waals surface area contributed by atoms with Gasteiger partial charge in [-0.15, -0.1) is 0 Å². The zero-order valence-electron chi connectivity index (χ0n) is 18.1. The molecule has 1 aliphatic rings. The quantitative estimate of drug-likeness (QED) is 0.597. The predicted molar refractivity (Wildman–Crippen MR) is 125 cm³/mol. The first-order chi connectivity index (χ1) is 15.9. The van der Waals surface area contributed by atoms with Crippen LogP contribution in [0.3, 0.4) is 0 Å². The molecule has 0 aliphatic carbocycles. The summed E-state index contributed by atoms with van der Waals surface area (Å²) in [6.45, 7) is 1.56. The molecule has 7 nitrogen and oxygen atoms in total. The number of carbonyl (C=O) groups is 1. The molecule has 9 heteroatoms. The van der Waals surface area contributed by atoms with Gasteiger partial charge in [-0.3, -0.25) is 4.79 Å². The number of amides is 1. The van der Waals surface area contributed by atoms with Gasteiger partial charge in [-0.1, -0.05) is 6.07 Å². The molecule has 33 heavy (non-hydrogen) atoms. The molecule has 3 aromatic carbocycles. The molecule has 0 radical (unpaired) electrons. The Morgan fingerprint density at radius 3 is 2.24 bits per heavy atom. The van der Waals surface area contributed by atoms with Crippen LogP contribution in [0.1, 0.15) is 10.4 Å². The van der Waals surface area contributed by atoms with Gasteiger partial charge in [0, 0.05) is 43.1 Å². The highest BCUT2D eigenvalue weighted by molar-refractivity contribution is 7.89. The van der Waals surface area contributed by atoms with E-state index in [4.69, 9.17) is 4.74 Å². The van der Waals surface area contributed by atoms with Crippen LogP contribution in [0.2, 0.25) is 0 Å². The highest BCUT2D eigenvalue weighted by Crippen LogP contribution is 2.23. The third-order valence-corrected chi connectivity index (χ3v) is 7.41. The summed E-state index contributed by atoms with van der Waals surface area (Å²) in [6, 6.07) is 19.0. The Kier molecular flexibility index (Phi) is 6.62. The van der Waals surface area contributed by atoms with Crippen molar-refractivity contribution in [3.63, 3.8) is 0 Å². The summed E-state index contributed by atoms with van der Waals surface area (Å²) in [5, 5.41) is 2.76. The topological polar surface area (TPSA) is 78.9 Å². The number of nitrogens with one attached hydrogen (secondary N) is 1. The van der Waals surface area contributed by atoms with Crippen LogP contribution in [-0.4, -0.2) is 51.9 Å². The van der Waals surface area contributed by atoms with E-state index in [0.29, 0.717) is 37.6 Å². The molecular weight excluding hydrogens is 445 g/mol. The fraction of sp³-hybridized carbons (Fsp3) is 0.208. The van der Waals surface area contributed by atoms with Crippen molar-refractivity contribution in [1.82, 2.24) is 4.31 Å². The van der Waals surface area contributed by atoms with E-state index < -0.39 is 15.9 Å². The van der Waals surface area contributed by atoms with Crippen molar-refractivity contribution >= 4 is 27.3 Å². The number of hydrogen-bond donors (Lipinski definition) is 1. The molecule has 0 saturated carbocycles. The smallest absolute Gasteiger partial charge is 0.255 e. The standard InChI is InChI=1S/C24H24FN3O4S/c1-32-22-11-7-20(8-12-22)26-24(29)18-3-2-4-23(17-18)33(30,31)28-15-13-27(14-16-28)21-9-5-19(25)6-10-21/h2-12,17H,13-16H2,1H3,(H,26,29). The minimum Gasteiger partial charge on any atom is -0.497 e. The van der Waals surface area contributed by atoms with Crippen LogP contribution < -0.4 is 15.0 Å². The zero-order chi connectivity index (χ0) is 23.4. The summed E-state index contributed by atoms with van der Waals surface area (Å²) < 4.78 is 46.1. The SMILES string of the molecule is COc1ccc(NC(=O)c2cccc(S(=O)(=O)N3CCN(c4ccc(F)cc4)CC3)c2)cc1. The van der Waals surface area contributed by atoms with Crippen LogP contribution in [0, 0.1) is 5.82 Å². The normalized spacial score (nSPS) is 14.7. The Balaban J connectivity index is 1.44. The number of halogens is 1. The van der Waals surface area contributed by atoms with Gasteiger partial charge in [0.2, 0.25) is 10.0 Å². The minimum absolute atomic E-state index is 0.0695. The van der Waals surface area contributed by atoms with Crippen LogP contribution >= 0.6 is 0 Å². The van der Waals surface area contributed by atoms with E-state index in [2.05, 4.69) is 5.32 Å². The van der Waals surface area contributed by atoms with Crippen molar-refractivity contribution in [3.05, 3.63) is 84.2 Å². The van der Waals surface area contributed by atoms with E-state index in [-0.39, 0.29) is 16.3 Å². The molecule has 1 fully saturated rings. The molecule has 1 amide bonds. The number of benzene rings is 3. The molecule has 0 atom stereocenters. The predicted octanol–water partition coefficient (Wildman–Crippen LogP) is 3.60. The molecule has 1 saturated heterocycles. The monoisotopic (exact) mass is 469 g/mol. The maximum Gasteiger partial charge on any atom is 0.255 e. The molecule has 0 aromatic heterocycles.